The van der Waals surface area contributed by atoms with Gasteiger partial charge in [-0.25, -0.2) is 9.13 Å². The molecule has 0 rings (SSSR count). The zero-order valence-corrected chi connectivity index (χ0v) is 68.0. The van der Waals surface area contributed by atoms with Crippen molar-refractivity contribution in [2.75, 3.05) is 39.6 Å². The van der Waals surface area contributed by atoms with Crippen LogP contribution in [0, 0.1) is 11.8 Å². The highest BCUT2D eigenvalue weighted by molar-refractivity contribution is 7.47. The fourth-order valence-electron chi connectivity index (χ4n) is 12.7. The molecule has 0 aliphatic carbocycles. The van der Waals surface area contributed by atoms with Gasteiger partial charge in [0.05, 0.1) is 26.4 Å². The normalized spacial score (nSPS) is 13.9. The van der Waals surface area contributed by atoms with Gasteiger partial charge in [0.25, 0.3) is 0 Å². The lowest BCUT2D eigenvalue weighted by Gasteiger charge is -2.21. The average molecular weight is 1480 g/mol. The molecule has 19 heteroatoms. The Kier molecular flexibility index (Phi) is 72.2. The summed E-state index contributed by atoms with van der Waals surface area (Å²) in [5.41, 5.74) is 0. The molecule has 101 heavy (non-hydrogen) atoms. The summed E-state index contributed by atoms with van der Waals surface area (Å²) in [5, 5.41) is 10.6. The van der Waals surface area contributed by atoms with Crippen LogP contribution in [0.25, 0.3) is 0 Å². The third-order valence-corrected chi connectivity index (χ3v) is 21.1. The fourth-order valence-corrected chi connectivity index (χ4v) is 14.3. The Balaban J connectivity index is 5.23. The Hall–Kier alpha value is -1.94. The third-order valence-electron chi connectivity index (χ3n) is 19.2. The number of phosphoric acid groups is 2. The fraction of sp³-hybridized carbons (Fsp3) is 0.951. The first kappa shape index (κ1) is 99.1. The number of phosphoric ester groups is 2. The van der Waals surface area contributed by atoms with E-state index in [0.717, 1.165) is 102 Å². The highest BCUT2D eigenvalue weighted by Crippen LogP contribution is 2.45. The zero-order valence-electron chi connectivity index (χ0n) is 66.2. The summed E-state index contributed by atoms with van der Waals surface area (Å²) in [6.45, 7) is 9.63. The molecule has 0 spiro atoms. The first-order valence-corrected chi connectivity index (χ1v) is 45.5. The van der Waals surface area contributed by atoms with E-state index >= 15 is 0 Å². The van der Waals surface area contributed by atoms with Crippen molar-refractivity contribution in [3.63, 3.8) is 0 Å². The summed E-state index contributed by atoms with van der Waals surface area (Å²) in [7, 11) is -9.92. The van der Waals surface area contributed by atoms with Crippen molar-refractivity contribution in [3.8, 4) is 0 Å². The van der Waals surface area contributed by atoms with Crippen molar-refractivity contribution in [3.05, 3.63) is 0 Å². The van der Waals surface area contributed by atoms with Crippen LogP contribution in [0.4, 0.5) is 0 Å². The van der Waals surface area contributed by atoms with Crippen molar-refractivity contribution in [1.29, 1.82) is 0 Å². The van der Waals surface area contributed by atoms with E-state index in [1.807, 2.05) is 0 Å². The molecule has 3 N–H and O–H groups in total. The average Bonchev–Trinajstić information content (AvgIpc) is 0.954. The molecule has 0 saturated carbocycles. The van der Waals surface area contributed by atoms with Gasteiger partial charge in [-0.05, 0) is 37.5 Å². The lowest BCUT2D eigenvalue weighted by molar-refractivity contribution is -0.161. The van der Waals surface area contributed by atoms with Crippen molar-refractivity contribution in [1.82, 2.24) is 0 Å². The number of hydrogen-bond acceptors (Lipinski definition) is 15. The molecule has 0 aromatic carbocycles. The zero-order chi connectivity index (χ0) is 74.2. The van der Waals surface area contributed by atoms with Crippen molar-refractivity contribution < 1.29 is 80.2 Å². The van der Waals surface area contributed by atoms with Crippen LogP contribution in [0.15, 0.2) is 0 Å². The number of carbonyl (C=O) groups is 4. The molecule has 0 saturated heterocycles. The first-order chi connectivity index (χ1) is 48.9. The van der Waals surface area contributed by atoms with Gasteiger partial charge in [-0.1, -0.05) is 382 Å². The van der Waals surface area contributed by atoms with E-state index in [-0.39, 0.29) is 25.7 Å². The molecule has 17 nitrogen and oxygen atoms in total. The molecule has 2 unspecified atom stereocenters. The van der Waals surface area contributed by atoms with E-state index in [9.17, 15) is 43.2 Å². The minimum Gasteiger partial charge on any atom is -0.462 e. The largest absolute Gasteiger partial charge is 0.472 e. The van der Waals surface area contributed by atoms with Crippen LogP contribution in [-0.2, 0) is 65.4 Å². The molecule has 0 bridgehead atoms. The predicted octanol–water partition coefficient (Wildman–Crippen LogP) is 24.7. The maximum atomic E-state index is 13.1. The van der Waals surface area contributed by atoms with Gasteiger partial charge in [-0.15, -0.1) is 0 Å². The summed E-state index contributed by atoms with van der Waals surface area (Å²) < 4.78 is 68.8. The summed E-state index contributed by atoms with van der Waals surface area (Å²) in [5.74, 6) is -0.597. The van der Waals surface area contributed by atoms with E-state index in [1.165, 1.54) is 250 Å². The molecule has 0 radical (unpaired) electrons. The topological polar surface area (TPSA) is 237 Å². The monoisotopic (exact) mass is 1480 g/mol. The summed E-state index contributed by atoms with van der Waals surface area (Å²) in [6.07, 6.45) is 63.8. The molecule has 0 aliphatic heterocycles. The summed E-state index contributed by atoms with van der Waals surface area (Å²) >= 11 is 0. The van der Waals surface area contributed by atoms with Crippen molar-refractivity contribution in [2.45, 2.75) is 452 Å². The van der Waals surface area contributed by atoms with Gasteiger partial charge in [0.15, 0.2) is 12.2 Å². The van der Waals surface area contributed by atoms with E-state index in [0.29, 0.717) is 25.7 Å². The Morgan fingerprint density at radius 3 is 0.673 bits per heavy atom. The number of hydrogen-bond donors (Lipinski definition) is 3. The molecule has 0 heterocycles. The second kappa shape index (κ2) is 73.6. The van der Waals surface area contributed by atoms with Crippen LogP contribution in [0.3, 0.4) is 0 Å². The SMILES string of the molecule is CCCCCCCCCCCCCCCCCCCCCCCC(=O)O[C@H](COC(=O)CCCCCCCCCCCCCCCC)COP(=O)(O)OC[C@@H](O)COP(=O)(O)OC[C@@H](COC(=O)CCCCCCCCCCCCC(C)C)OC(=O)CCCCCCCCCCCCC(C)C. The first-order valence-electron chi connectivity index (χ1n) is 42.5. The van der Waals surface area contributed by atoms with Crippen LogP contribution < -0.4 is 0 Å². The van der Waals surface area contributed by atoms with Crippen LogP contribution in [0.2, 0.25) is 0 Å². The van der Waals surface area contributed by atoms with Gasteiger partial charge in [0, 0.05) is 25.7 Å². The van der Waals surface area contributed by atoms with Crippen molar-refractivity contribution in [2.24, 2.45) is 11.8 Å². The van der Waals surface area contributed by atoms with E-state index in [1.54, 1.807) is 0 Å². The summed E-state index contributed by atoms with van der Waals surface area (Å²) in [4.78, 5) is 73.1. The van der Waals surface area contributed by atoms with E-state index < -0.39 is 97.5 Å². The number of unbranched alkanes of at least 4 members (excludes halogenated alkanes) is 51. The van der Waals surface area contributed by atoms with Gasteiger partial charge < -0.3 is 33.8 Å². The van der Waals surface area contributed by atoms with Crippen LogP contribution in [-0.4, -0.2) is 96.7 Å². The van der Waals surface area contributed by atoms with Crippen LogP contribution in [0.1, 0.15) is 433 Å². The molecule has 0 fully saturated rings. The lowest BCUT2D eigenvalue weighted by atomic mass is 10.0. The molecular weight excluding hydrogens is 1320 g/mol. The predicted molar refractivity (Wildman–Crippen MR) is 414 cm³/mol. The Morgan fingerprint density at radius 2 is 0.455 bits per heavy atom. The van der Waals surface area contributed by atoms with Gasteiger partial charge >= 0.3 is 39.5 Å². The number of carbonyl (C=O) groups excluding carboxylic acids is 4. The Bertz CT molecular complexity index is 1940. The van der Waals surface area contributed by atoms with Crippen molar-refractivity contribution >= 4 is 39.5 Å². The maximum Gasteiger partial charge on any atom is 0.472 e. The Labute approximate surface area is 619 Å². The molecule has 0 amide bonds. The van der Waals surface area contributed by atoms with Crippen LogP contribution in [0.5, 0.6) is 0 Å². The van der Waals surface area contributed by atoms with E-state index in [4.69, 9.17) is 37.0 Å². The van der Waals surface area contributed by atoms with E-state index in [2.05, 4.69) is 41.5 Å². The van der Waals surface area contributed by atoms with Gasteiger partial charge in [0.2, 0.25) is 0 Å². The lowest BCUT2D eigenvalue weighted by Crippen LogP contribution is -2.30. The second-order valence-corrected chi connectivity index (χ2v) is 33.4. The van der Waals surface area contributed by atoms with Gasteiger partial charge in [0.1, 0.15) is 19.3 Å². The molecule has 600 valence electrons. The quantitative estimate of drug-likeness (QED) is 0.0222. The maximum absolute atomic E-state index is 13.1. The number of aliphatic hydroxyl groups is 1. The molecule has 0 aromatic heterocycles. The minimum absolute atomic E-state index is 0.106. The second-order valence-electron chi connectivity index (χ2n) is 30.5. The molecular formula is C82H160O17P2. The number of ether oxygens (including phenoxy) is 4. The molecule has 0 aromatic rings. The smallest absolute Gasteiger partial charge is 0.462 e. The summed E-state index contributed by atoms with van der Waals surface area (Å²) in [6, 6.07) is 0. The van der Waals surface area contributed by atoms with Crippen LogP contribution >= 0.6 is 15.6 Å². The standard InChI is InChI=1S/C82H160O17P2/c1-7-9-11-13-15-17-19-21-23-24-25-26-27-28-29-31-33-42-48-54-60-66-81(86)98-77(70-92-79(84)64-58-52-46-40-32-30-22-20-18-16-14-12-10-8-2)72-96-100(88,89)94-68-76(83)69-95-101(90,91)97-73-78(99-82(87)67-61-55-49-43-37-35-39-45-51-57-63-75(5)6)71-93-80(85)65-59-53-47-41-36-34-38-44-50-56-62-74(3)4/h74-78,83H,7-73H2,1-6H3,(H,88,89)(H,90,91)/t76-,77-,78-/m1/s1. The highest BCUT2D eigenvalue weighted by Gasteiger charge is 2.30. The van der Waals surface area contributed by atoms with Gasteiger partial charge in [-0.3, -0.25) is 37.3 Å². The van der Waals surface area contributed by atoms with Gasteiger partial charge in [-0.2, -0.15) is 0 Å². The highest BCUT2D eigenvalue weighted by atomic mass is 31.2. The Morgan fingerprint density at radius 1 is 0.267 bits per heavy atom. The number of esters is 4. The third kappa shape index (κ3) is 76.1. The number of rotatable bonds is 81. The minimum atomic E-state index is -4.96. The molecule has 5 atom stereocenters. The molecule has 0 aliphatic rings. The number of aliphatic hydroxyl groups excluding tert-OH is 1.